The molecular formula is C24H23N3O2S. The van der Waals surface area contributed by atoms with Crippen molar-refractivity contribution in [1.29, 1.82) is 0 Å². The van der Waals surface area contributed by atoms with Gasteiger partial charge in [0.05, 0.1) is 5.41 Å². The Morgan fingerprint density at radius 1 is 0.967 bits per heavy atom. The predicted molar refractivity (Wildman–Crippen MR) is 118 cm³/mol. The zero-order valence-corrected chi connectivity index (χ0v) is 17.5. The summed E-state index contributed by atoms with van der Waals surface area (Å²) in [7, 11) is 0. The molecule has 0 spiro atoms. The van der Waals surface area contributed by atoms with Crippen LogP contribution in [0, 0.1) is 0 Å². The molecule has 1 aliphatic carbocycles. The molecule has 0 atom stereocenters. The number of ether oxygens (including phenoxy) is 1. The minimum atomic E-state index is -0.126. The molecule has 0 radical (unpaired) electrons. The minimum Gasteiger partial charge on any atom is -0.488 e. The van der Waals surface area contributed by atoms with Gasteiger partial charge in [0, 0.05) is 10.1 Å². The van der Waals surface area contributed by atoms with Gasteiger partial charge in [0.1, 0.15) is 11.0 Å². The van der Waals surface area contributed by atoms with Crippen LogP contribution in [0.3, 0.4) is 0 Å². The molecule has 2 fully saturated rings. The Bertz CT molecular complexity index is 1170. The number of piperidine rings is 1. The van der Waals surface area contributed by atoms with E-state index in [9.17, 15) is 0 Å². The van der Waals surface area contributed by atoms with Crippen molar-refractivity contribution >= 4 is 21.4 Å². The lowest BCUT2D eigenvalue weighted by molar-refractivity contribution is 0.165. The lowest BCUT2D eigenvalue weighted by Crippen LogP contribution is -2.34. The maximum Gasteiger partial charge on any atom is 0.261 e. The number of nitrogens with zero attached hydrogens (tertiary/aromatic N) is 2. The van der Waals surface area contributed by atoms with Crippen molar-refractivity contribution in [3.05, 3.63) is 66.1 Å². The highest BCUT2D eigenvalue weighted by molar-refractivity contribution is 7.22. The minimum absolute atomic E-state index is 0.126. The van der Waals surface area contributed by atoms with Crippen LogP contribution in [0.15, 0.2) is 59.0 Å². The largest absolute Gasteiger partial charge is 0.488 e. The molecule has 3 heterocycles. The van der Waals surface area contributed by atoms with Gasteiger partial charge < -0.3 is 14.5 Å². The lowest BCUT2D eigenvalue weighted by atomic mass is 9.96. The molecule has 30 heavy (non-hydrogen) atoms. The number of rotatable bonds is 5. The van der Waals surface area contributed by atoms with Gasteiger partial charge in [-0.05, 0) is 56.5 Å². The summed E-state index contributed by atoms with van der Waals surface area (Å²) in [6.45, 7) is 1.98. The molecule has 6 heteroatoms. The highest BCUT2D eigenvalue weighted by Crippen LogP contribution is 2.54. The second-order valence-corrected chi connectivity index (χ2v) is 9.24. The van der Waals surface area contributed by atoms with Crippen LogP contribution in [0.25, 0.3) is 20.9 Å². The third-order valence-corrected chi connectivity index (χ3v) is 7.37. The Morgan fingerprint density at radius 3 is 2.53 bits per heavy atom. The van der Waals surface area contributed by atoms with Gasteiger partial charge in [-0.25, -0.2) is 0 Å². The summed E-state index contributed by atoms with van der Waals surface area (Å²) in [5.41, 5.74) is 1.13. The zero-order chi connectivity index (χ0) is 20.0. The summed E-state index contributed by atoms with van der Waals surface area (Å²) in [5.74, 6) is 2.17. The first kappa shape index (κ1) is 18.1. The second-order valence-electron chi connectivity index (χ2n) is 8.18. The van der Waals surface area contributed by atoms with Crippen LogP contribution in [-0.4, -0.2) is 29.4 Å². The molecule has 152 valence electrons. The number of nitrogens with one attached hydrogen (secondary N) is 1. The number of hydrogen-bond acceptors (Lipinski definition) is 6. The van der Waals surface area contributed by atoms with Crippen molar-refractivity contribution in [3.8, 4) is 16.5 Å². The zero-order valence-electron chi connectivity index (χ0n) is 16.6. The van der Waals surface area contributed by atoms with Gasteiger partial charge in [0.25, 0.3) is 5.89 Å². The number of aromatic nitrogens is 2. The fourth-order valence-electron chi connectivity index (χ4n) is 4.38. The maximum atomic E-state index is 6.53. The molecular weight excluding hydrogens is 394 g/mol. The van der Waals surface area contributed by atoms with E-state index in [1.54, 1.807) is 11.3 Å². The van der Waals surface area contributed by atoms with Gasteiger partial charge in [-0.15, -0.1) is 21.5 Å². The van der Waals surface area contributed by atoms with Crippen molar-refractivity contribution in [2.24, 2.45) is 0 Å². The van der Waals surface area contributed by atoms with E-state index in [-0.39, 0.29) is 11.5 Å². The smallest absolute Gasteiger partial charge is 0.261 e. The number of fused-ring (bicyclic) bond motifs is 1. The summed E-state index contributed by atoms with van der Waals surface area (Å²) >= 11 is 1.67. The van der Waals surface area contributed by atoms with Gasteiger partial charge in [-0.2, -0.15) is 0 Å². The van der Waals surface area contributed by atoms with Crippen LogP contribution >= 0.6 is 11.3 Å². The highest BCUT2D eigenvalue weighted by Gasteiger charge is 2.50. The van der Waals surface area contributed by atoms with Gasteiger partial charge in [0.2, 0.25) is 5.89 Å². The van der Waals surface area contributed by atoms with E-state index in [2.05, 4.69) is 64.0 Å². The Morgan fingerprint density at radius 2 is 1.73 bits per heavy atom. The van der Waals surface area contributed by atoms with Crippen molar-refractivity contribution < 1.29 is 9.15 Å². The normalized spacial score (nSPS) is 18.5. The third kappa shape index (κ3) is 3.02. The summed E-state index contributed by atoms with van der Waals surface area (Å²) in [6.07, 6.45) is 4.32. The van der Waals surface area contributed by atoms with E-state index in [0.29, 0.717) is 11.8 Å². The first-order valence-electron chi connectivity index (χ1n) is 10.6. The Hall–Kier alpha value is -2.70. The molecule has 0 bridgehead atoms. The molecule has 1 saturated heterocycles. The summed E-state index contributed by atoms with van der Waals surface area (Å²) in [6, 6.07) is 18.9. The van der Waals surface area contributed by atoms with Crippen molar-refractivity contribution in [2.45, 2.75) is 37.2 Å². The molecule has 2 aromatic heterocycles. The first-order chi connectivity index (χ1) is 14.8. The molecule has 0 amide bonds. The van der Waals surface area contributed by atoms with E-state index < -0.39 is 0 Å². The number of thiophene rings is 1. The van der Waals surface area contributed by atoms with E-state index in [1.165, 1.54) is 10.3 Å². The van der Waals surface area contributed by atoms with E-state index in [1.807, 2.05) is 6.07 Å². The van der Waals surface area contributed by atoms with Gasteiger partial charge in [-0.3, -0.25) is 0 Å². The van der Waals surface area contributed by atoms with Gasteiger partial charge in [0.15, 0.2) is 5.75 Å². The topological polar surface area (TPSA) is 60.2 Å². The summed E-state index contributed by atoms with van der Waals surface area (Å²) < 4.78 is 14.0. The third-order valence-electron chi connectivity index (χ3n) is 6.23. The van der Waals surface area contributed by atoms with Crippen molar-refractivity contribution in [2.75, 3.05) is 13.1 Å². The van der Waals surface area contributed by atoms with E-state index >= 15 is 0 Å². The Balaban J connectivity index is 1.40. The molecule has 2 aliphatic rings. The molecule has 2 aromatic carbocycles. The van der Waals surface area contributed by atoms with E-state index in [4.69, 9.17) is 9.15 Å². The molecule has 1 aliphatic heterocycles. The van der Waals surface area contributed by atoms with Crippen molar-refractivity contribution in [1.82, 2.24) is 15.5 Å². The number of benzene rings is 2. The van der Waals surface area contributed by atoms with Gasteiger partial charge in [-0.1, -0.05) is 42.5 Å². The quantitative estimate of drug-likeness (QED) is 0.486. The molecule has 5 nitrogen and oxygen atoms in total. The fraction of sp³-hybridized carbons (Fsp3) is 0.333. The maximum absolute atomic E-state index is 6.53. The monoisotopic (exact) mass is 417 g/mol. The molecule has 1 N–H and O–H groups in total. The highest BCUT2D eigenvalue weighted by atomic mass is 32.1. The average molecular weight is 418 g/mol. The molecule has 4 aromatic rings. The SMILES string of the molecule is c1ccc(C2(c3nnc(-c4sc5ccccc5c4OC4CCNCC4)o3)CC2)cc1. The predicted octanol–water partition coefficient (Wildman–Crippen LogP) is 5.16. The van der Waals surface area contributed by atoms with Gasteiger partial charge >= 0.3 is 0 Å². The second kappa shape index (κ2) is 7.22. The van der Waals surface area contributed by atoms with Crippen LogP contribution in [0.2, 0.25) is 0 Å². The van der Waals surface area contributed by atoms with Crippen LogP contribution in [0.4, 0.5) is 0 Å². The van der Waals surface area contributed by atoms with Crippen LogP contribution in [0.1, 0.15) is 37.1 Å². The molecule has 0 unspecified atom stereocenters. The summed E-state index contributed by atoms with van der Waals surface area (Å²) in [4.78, 5) is 0.942. The van der Waals surface area contributed by atoms with Crippen LogP contribution < -0.4 is 10.1 Å². The molecule has 6 rings (SSSR count). The Kier molecular flexibility index (Phi) is 4.35. The van der Waals surface area contributed by atoms with Crippen LogP contribution in [-0.2, 0) is 5.41 Å². The first-order valence-corrected chi connectivity index (χ1v) is 11.4. The Labute approximate surface area is 179 Å². The lowest BCUT2D eigenvalue weighted by Gasteiger charge is -2.24. The standard InChI is InChI=1S/C24H23N3O2S/c1-2-6-16(7-3-1)24(12-13-24)23-27-26-22(29-23)21-20(28-17-10-14-25-15-11-17)18-8-4-5-9-19(18)30-21/h1-9,17,25H,10-15H2. The van der Waals surface area contributed by atoms with E-state index in [0.717, 1.165) is 54.8 Å². The molecule has 1 saturated carbocycles. The number of hydrogen-bond donors (Lipinski definition) is 1. The van der Waals surface area contributed by atoms with Crippen molar-refractivity contribution in [3.63, 3.8) is 0 Å². The fourth-order valence-corrected chi connectivity index (χ4v) is 5.43. The van der Waals surface area contributed by atoms with Crippen LogP contribution in [0.5, 0.6) is 5.75 Å². The summed E-state index contributed by atoms with van der Waals surface area (Å²) in [5, 5.41) is 13.5. The average Bonchev–Trinajstić information content (AvgIpc) is 3.32.